The molecule has 8 nitrogen and oxygen atoms in total. The Morgan fingerprint density at radius 3 is 2.40 bits per heavy atom. The molecule has 0 bridgehead atoms. The minimum Gasteiger partial charge on any atom is -0.465 e. The van der Waals surface area contributed by atoms with Gasteiger partial charge in [-0.15, -0.1) is 5.10 Å². The number of furan rings is 1. The van der Waals surface area contributed by atoms with Crippen molar-refractivity contribution >= 4 is 29.6 Å². The monoisotopic (exact) mass is 400 g/mol. The summed E-state index contributed by atoms with van der Waals surface area (Å²) >= 11 is 0. The van der Waals surface area contributed by atoms with E-state index < -0.39 is 5.91 Å². The van der Waals surface area contributed by atoms with Gasteiger partial charge in [-0.3, -0.25) is 14.9 Å². The van der Waals surface area contributed by atoms with Gasteiger partial charge in [0.15, 0.2) is 0 Å². The van der Waals surface area contributed by atoms with Crippen molar-refractivity contribution in [2.45, 2.75) is 0 Å². The first-order valence-electron chi connectivity index (χ1n) is 9.00. The highest BCUT2D eigenvalue weighted by Crippen LogP contribution is 2.19. The Balaban J connectivity index is 1.35. The topological polar surface area (TPSA) is 110 Å². The third kappa shape index (κ3) is 4.68. The SMILES string of the molecule is O=C(/C=C/c1ccco1)Nc1ccc(C(=O)Nc2nnc(-c3ccccc3)o2)cc1. The molecule has 0 spiro atoms. The highest BCUT2D eigenvalue weighted by molar-refractivity contribution is 6.04. The van der Waals surface area contributed by atoms with Gasteiger partial charge in [-0.2, -0.15) is 0 Å². The molecular weight excluding hydrogens is 384 g/mol. The molecule has 4 rings (SSSR count). The maximum atomic E-state index is 12.4. The Morgan fingerprint density at radius 2 is 1.67 bits per heavy atom. The average Bonchev–Trinajstić information content (AvgIpc) is 3.46. The maximum Gasteiger partial charge on any atom is 0.322 e. The number of anilines is 2. The minimum absolute atomic E-state index is 0.000652. The smallest absolute Gasteiger partial charge is 0.322 e. The fourth-order valence-corrected chi connectivity index (χ4v) is 2.57. The molecule has 0 saturated carbocycles. The summed E-state index contributed by atoms with van der Waals surface area (Å²) < 4.78 is 10.6. The molecule has 0 aliphatic carbocycles. The van der Waals surface area contributed by atoms with E-state index in [9.17, 15) is 9.59 Å². The molecule has 148 valence electrons. The summed E-state index contributed by atoms with van der Waals surface area (Å²) in [5.41, 5.74) is 1.68. The minimum atomic E-state index is -0.408. The highest BCUT2D eigenvalue weighted by Gasteiger charge is 2.12. The van der Waals surface area contributed by atoms with Gasteiger partial charge in [-0.25, -0.2) is 0 Å². The van der Waals surface area contributed by atoms with E-state index in [4.69, 9.17) is 8.83 Å². The molecule has 2 aromatic heterocycles. The third-order valence-electron chi connectivity index (χ3n) is 4.02. The molecule has 0 atom stereocenters. The van der Waals surface area contributed by atoms with Crippen molar-refractivity contribution in [1.29, 1.82) is 0 Å². The maximum absolute atomic E-state index is 12.4. The van der Waals surface area contributed by atoms with Crippen LogP contribution in [0.25, 0.3) is 17.5 Å². The van der Waals surface area contributed by atoms with Crippen LogP contribution < -0.4 is 10.6 Å². The molecule has 0 unspecified atom stereocenters. The summed E-state index contributed by atoms with van der Waals surface area (Å²) in [5.74, 6) is 0.164. The highest BCUT2D eigenvalue weighted by atomic mass is 16.4. The first kappa shape index (κ1) is 18.9. The lowest BCUT2D eigenvalue weighted by Crippen LogP contribution is -2.12. The van der Waals surface area contributed by atoms with Crippen LogP contribution in [0.4, 0.5) is 11.7 Å². The van der Waals surface area contributed by atoms with Crippen molar-refractivity contribution in [3.05, 3.63) is 90.4 Å². The number of hydrogen-bond acceptors (Lipinski definition) is 6. The first-order valence-corrected chi connectivity index (χ1v) is 9.00. The second-order valence-corrected chi connectivity index (χ2v) is 6.15. The largest absolute Gasteiger partial charge is 0.465 e. The number of nitrogens with one attached hydrogen (secondary N) is 2. The van der Waals surface area contributed by atoms with E-state index in [2.05, 4.69) is 20.8 Å². The molecule has 8 heteroatoms. The molecule has 0 fully saturated rings. The lowest BCUT2D eigenvalue weighted by Gasteiger charge is -2.04. The fourth-order valence-electron chi connectivity index (χ4n) is 2.57. The molecule has 2 amide bonds. The van der Waals surface area contributed by atoms with E-state index in [1.54, 1.807) is 42.5 Å². The Hall–Kier alpha value is -4.46. The van der Waals surface area contributed by atoms with Crippen molar-refractivity contribution in [1.82, 2.24) is 10.2 Å². The van der Waals surface area contributed by atoms with E-state index in [1.807, 2.05) is 30.3 Å². The van der Waals surface area contributed by atoms with E-state index in [0.29, 0.717) is 22.9 Å². The van der Waals surface area contributed by atoms with Gasteiger partial charge >= 0.3 is 6.01 Å². The molecule has 4 aromatic rings. The van der Waals surface area contributed by atoms with Crippen LogP contribution in [0.1, 0.15) is 16.1 Å². The van der Waals surface area contributed by atoms with Crippen molar-refractivity contribution in [3.63, 3.8) is 0 Å². The zero-order chi connectivity index (χ0) is 20.8. The Labute approximate surface area is 171 Å². The van der Waals surface area contributed by atoms with Crippen molar-refractivity contribution in [2.75, 3.05) is 10.6 Å². The fraction of sp³-hybridized carbons (Fsp3) is 0. The number of hydrogen-bond donors (Lipinski definition) is 2. The lowest BCUT2D eigenvalue weighted by atomic mass is 10.2. The van der Waals surface area contributed by atoms with Crippen LogP contribution in [-0.4, -0.2) is 22.0 Å². The molecule has 0 radical (unpaired) electrons. The quantitative estimate of drug-likeness (QED) is 0.469. The van der Waals surface area contributed by atoms with E-state index in [1.165, 1.54) is 12.3 Å². The summed E-state index contributed by atoms with van der Waals surface area (Å²) in [7, 11) is 0. The first-order chi connectivity index (χ1) is 14.7. The van der Waals surface area contributed by atoms with Crippen molar-refractivity contribution < 1.29 is 18.4 Å². The normalized spacial score (nSPS) is 10.8. The molecule has 2 aromatic carbocycles. The van der Waals surface area contributed by atoms with Gasteiger partial charge in [0, 0.05) is 22.9 Å². The second-order valence-electron chi connectivity index (χ2n) is 6.15. The third-order valence-corrected chi connectivity index (χ3v) is 4.02. The van der Waals surface area contributed by atoms with Crippen LogP contribution in [0.2, 0.25) is 0 Å². The van der Waals surface area contributed by atoms with Crippen LogP contribution in [0.5, 0.6) is 0 Å². The van der Waals surface area contributed by atoms with Crippen LogP contribution in [0.15, 0.2) is 87.9 Å². The van der Waals surface area contributed by atoms with Gasteiger partial charge in [0.05, 0.1) is 6.26 Å². The number of nitrogens with zero attached hydrogens (tertiary/aromatic N) is 2. The summed E-state index contributed by atoms with van der Waals surface area (Å²) in [4.78, 5) is 24.3. The molecule has 2 N–H and O–H groups in total. The Morgan fingerprint density at radius 1 is 0.867 bits per heavy atom. The molecule has 0 saturated heterocycles. The lowest BCUT2D eigenvalue weighted by molar-refractivity contribution is -0.111. The predicted octanol–water partition coefficient (Wildman–Crippen LogP) is 4.23. The van der Waals surface area contributed by atoms with E-state index in [0.717, 1.165) is 5.56 Å². The van der Waals surface area contributed by atoms with Crippen LogP contribution in [-0.2, 0) is 4.79 Å². The number of aromatic nitrogens is 2. The van der Waals surface area contributed by atoms with Gasteiger partial charge in [0.25, 0.3) is 5.91 Å². The zero-order valence-corrected chi connectivity index (χ0v) is 15.6. The molecule has 0 aliphatic rings. The number of carbonyl (C=O) groups excluding carboxylic acids is 2. The van der Waals surface area contributed by atoms with Gasteiger partial charge in [0.2, 0.25) is 11.8 Å². The van der Waals surface area contributed by atoms with Gasteiger partial charge in [-0.1, -0.05) is 23.3 Å². The van der Waals surface area contributed by atoms with E-state index in [-0.39, 0.29) is 11.9 Å². The standard InChI is InChI=1S/C22H16N4O4/c27-19(13-12-18-7-4-14-29-18)23-17-10-8-15(9-11-17)20(28)24-22-26-25-21(30-22)16-5-2-1-3-6-16/h1-14H,(H,23,27)(H,24,26,28)/b13-12+. The number of benzene rings is 2. The van der Waals surface area contributed by atoms with Crippen LogP contribution in [0.3, 0.4) is 0 Å². The van der Waals surface area contributed by atoms with Crippen molar-refractivity contribution in [3.8, 4) is 11.5 Å². The number of rotatable bonds is 6. The summed E-state index contributed by atoms with van der Waals surface area (Å²) in [6, 6.07) is 19.1. The van der Waals surface area contributed by atoms with Gasteiger partial charge in [-0.05, 0) is 54.6 Å². The van der Waals surface area contributed by atoms with Gasteiger partial charge < -0.3 is 14.2 Å². The van der Waals surface area contributed by atoms with Crippen LogP contribution in [0, 0.1) is 0 Å². The molecule has 0 aliphatic heterocycles. The Bertz CT molecular complexity index is 1160. The average molecular weight is 400 g/mol. The number of carbonyl (C=O) groups is 2. The molecule has 30 heavy (non-hydrogen) atoms. The summed E-state index contributed by atoms with van der Waals surface area (Å²) in [6.45, 7) is 0. The van der Waals surface area contributed by atoms with E-state index >= 15 is 0 Å². The molecule has 2 heterocycles. The second kappa shape index (κ2) is 8.70. The number of amides is 2. The predicted molar refractivity (Wildman–Crippen MR) is 111 cm³/mol. The van der Waals surface area contributed by atoms with Gasteiger partial charge in [0.1, 0.15) is 5.76 Å². The zero-order valence-electron chi connectivity index (χ0n) is 15.6. The summed E-state index contributed by atoms with van der Waals surface area (Å²) in [5, 5.41) is 13.0. The van der Waals surface area contributed by atoms with Crippen LogP contribution >= 0.6 is 0 Å². The summed E-state index contributed by atoms with van der Waals surface area (Å²) in [6.07, 6.45) is 4.45. The Kier molecular flexibility index (Phi) is 5.47. The van der Waals surface area contributed by atoms with Crippen molar-refractivity contribution in [2.24, 2.45) is 0 Å². The molecular formula is C22H16N4O4.